The zero-order valence-corrected chi connectivity index (χ0v) is 20.4. The molecule has 1 heterocycles. The summed E-state index contributed by atoms with van der Waals surface area (Å²) in [4.78, 5) is 47.8. The number of phenols is 1. The molecule has 0 aliphatic rings. The van der Waals surface area contributed by atoms with Gasteiger partial charge in [0.25, 0.3) is 5.91 Å². The van der Waals surface area contributed by atoms with Crippen LogP contribution in [0.1, 0.15) is 16.9 Å². The first-order chi connectivity index (χ1) is 18.7. The van der Waals surface area contributed by atoms with E-state index in [2.05, 4.69) is 21.2 Å². The highest BCUT2D eigenvalue weighted by atomic mass is 16.6. The quantitative estimate of drug-likeness (QED) is 0.128. The molecule has 204 valence electrons. The van der Waals surface area contributed by atoms with Gasteiger partial charge in [-0.1, -0.05) is 42.5 Å². The van der Waals surface area contributed by atoms with Crippen LogP contribution in [0.5, 0.6) is 5.75 Å². The summed E-state index contributed by atoms with van der Waals surface area (Å²) >= 11 is 0. The number of hydrogen-bond acceptors (Lipinski definition) is 10. The minimum Gasteiger partial charge on any atom is -0.508 e. The molecule has 0 aliphatic carbocycles. The number of carbonyl (C=O) groups is 3. The first-order valence-corrected chi connectivity index (χ1v) is 11.5. The van der Waals surface area contributed by atoms with Crippen molar-refractivity contribution in [3.8, 4) is 5.75 Å². The van der Waals surface area contributed by atoms with E-state index in [-0.39, 0.29) is 24.5 Å². The second-order valence-electron chi connectivity index (χ2n) is 8.04. The molecule has 3 aromatic rings. The third kappa shape index (κ3) is 8.98. The summed E-state index contributed by atoms with van der Waals surface area (Å²) in [7, 11) is 0. The molecule has 2 aromatic carbocycles. The topological polar surface area (TPSA) is 206 Å². The van der Waals surface area contributed by atoms with E-state index in [1.807, 2.05) is 0 Å². The molecule has 39 heavy (non-hydrogen) atoms. The van der Waals surface area contributed by atoms with Gasteiger partial charge in [0.2, 0.25) is 5.91 Å². The first-order valence-electron chi connectivity index (χ1n) is 11.5. The zero-order valence-electron chi connectivity index (χ0n) is 20.4. The summed E-state index contributed by atoms with van der Waals surface area (Å²) in [5.74, 6) is -2.17. The highest BCUT2D eigenvalue weighted by molar-refractivity contribution is 5.92. The number of aromatic hydroxyl groups is 1. The second kappa shape index (κ2) is 13.9. The molecule has 3 amide bonds. The molecule has 1 aromatic heterocycles. The third-order valence-corrected chi connectivity index (χ3v) is 5.17. The van der Waals surface area contributed by atoms with E-state index in [1.165, 1.54) is 30.3 Å². The number of aliphatic hydroxyl groups is 1. The van der Waals surface area contributed by atoms with Gasteiger partial charge in [0.15, 0.2) is 5.76 Å². The van der Waals surface area contributed by atoms with Crippen molar-refractivity contribution in [1.82, 2.24) is 16.1 Å². The molecule has 14 nitrogen and oxygen atoms in total. The molecule has 0 bridgehead atoms. The van der Waals surface area contributed by atoms with Crippen LogP contribution in [0.25, 0.3) is 0 Å². The summed E-state index contributed by atoms with van der Waals surface area (Å²) in [6.07, 6.45) is 0.0335. The molecular formula is C25H25N5O9. The van der Waals surface area contributed by atoms with E-state index < -0.39 is 47.4 Å². The number of hydrazone groups is 1. The number of amides is 3. The summed E-state index contributed by atoms with van der Waals surface area (Å²) < 4.78 is 9.98. The van der Waals surface area contributed by atoms with Gasteiger partial charge in [-0.25, -0.2) is 10.2 Å². The van der Waals surface area contributed by atoms with Crippen molar-refractivity contribution in [1.29, 1.82) is 0 Å². The van der Waals surface area contributed by atoms with Crippen LogP contribution in [0.2, 0.25) is 0 Å². The van der Waals surface area contributed by atoms with Crippen LogP contribution in [0.3, 0.4) is 0 Å². The summed E-state index contributed by atoms with van der Waals surface area (Å²) in [5, 5.41) is 38.3. The van der Waals surface area contributed by atoms with Gasteiger partial charge in [0.1, 0.15) is 29.4 Å². The van der Waals surface area contributed by atoms with Gasteiger partial charge >= 0.3 is 12.0 Å². The maximum Gasteiger partial charge on any atom is 0.433 e. The third-order valence-electron chi connectivity index (χ3n) is 5.17. The maximum atomic E-state index is 12.8. The fraction of sp³-hybridized carbons (Fsp3) is 0.200. The molecule has 14 heteroatoms. The maximum absolute atomic E-state index is 12.8. The van der Waals surface area contributed by atoms with Crippen LogP contribution < -0.4 is 16.1 Å². The van der Waals surface area contributed by atoms with Gasteiger partial charge < -0.3 is 30.0 Å². The zero-order chi connectivity index (χ0) is 28.2. The number of alkyl carbamates (subject to hydrolysis) is 1. The minimum absolute atomic E-state index is 0.000296. The normalized spacial score (nSPS) is 12.3. The van der Waals surface area contributed by atoms with Crippen LogP contribution in [0.4, 0.5) is 10.7 Å². The summed E-state index contributed by atoms with van der Waals surface area (Å²) in [6.45, 7) is -0.843. The molecule has 0 unspecified atom stereocenters. The summed E-state index contributed by atoms with van der Waals surface area (Å²) in [6, 6.07) is 14.4. The van der Waals surface area contributed by atoms with Crippen LogP contribution in [-0.4, -0.2) is 57.9 Å². The fourth-order valence-electron chi connectivity index (χ4n) is 3.20. The molecule has 3 rings (SSSR count). The molecule has 0 aliphatic heterocycles. The molecule has 0 spiro atoms. The van der Waals surface area contributed by atoms with Crippen molar-refractivity contribution < 1.29 is 38.7 Å². The Balaban J connectivity index is 1.64. The standard InChI is InChI=1S/C25H25N5O9/c31-14-21(28-25(35)38-15-17-4-2-1-3-5-17)23(33)27-20(12-16-6-8-18(32)9-7-16)24(34)29-26-13-19-10-11-22(39-19)30(36)37/h1-11,13,20-21,31-32H,12,14-15H2,(H,27,33)(H,28,35)(H,29,34)/b26-13-/t20-,21-/m0/s1. The van der Waals surface area contributed by atoms with E-state index in [1.54, 1.807) is 30.3 Å². The lowest BCUT2D eigenvalue weighted by molar-refractivity contribution is -0.402. The van der Waals surface area contributed by atoms with E-state index in [4.69, 9.17) is 9.15 Å². The van der Waals surface area contributed by atoms with Crippen LogP contribution >= 0.6 is 0 Å². The lowest BCUT2D eigenvalue weighted by Crippen LogP contribution is -2.55. The number of aliphatic hydroxyl groups excluding tert-OH is 1. The number of phenolic OH excluding ortho intramolecular Hbond substituents is 1. The Morgan fingerprint density at radius 2 is 1.69 bits per heavy atom. The van der Waals surface area contributed by atoms with Gasteiger partial charge in [0.05, 0.1) is 18.9 Å². The lowest BCUT2D eigenvalue weighted by Gasteiger charge is -2.21. The van der Waals surface area contributed by atoms with E-state index >= 15 is 0 Å². The Labute approximate surface area is 221 Å². The molecule has 5 N–H and O–H groups in total. The van der Waals surface area contributed by atoms with E-state index in [0.717, 1.165) is 12.3 Å². The largest absolute Gasteiger partial charge is 0.508 e. The smallest absolute Gasteiger partial charge is 0.433 e. The van der Waals surface area contributed by atoms with Gasteiger partial charge in [-0.05, 0) is 29.3 Å². The predicted molar refractivity (Wildman–Crippen MR) is 135 cm³/mol. The molecule has 0 radical (unpaired) electrons. The molecule has 0 fully saturated rings. The Bertz CT molecular complexity index is 1310. The number of nitrogens with one attached hydrogen (secondary N) is 3. The van der Waals surface area contributed by atoms with Crippen LogP contribution in [0.15, 0.2) is 76.2 Å². The number of nitro groups is 1. The van der Waals surface area contributed by atoms with Crippen molar-refractivity contribution in [3.63, 3.8) is 0 Å². The van der Waals surface area contributed by atoms with Gasteiger partial charge in [-0.15, -0.1) is 0 Å². The first kappa shape index (κ1) is 28.3. The predicted octanol–water partition coefficient (Wildman–Crippen LogP) is 1.36. The van der Waals surface area contributed by atoms with E-state index in [0.29, 0.717) is 11.1 Å². The Morgan fingerprint density at radius 3 is 2.33 bits per heavy atom. The number of benzene rings is 2. The van der Waals surface area contributed by atoms with Crippen molar-refractivity contribution in [2.45, 2.75) is 25.1 Å². The molecular weight excluding hydrogens is 514 g/mol. The Kier molecular flexibility index (Phi) is 10.1. The van der Waals surface area contributed by atoms with Gasteiger partial charge in [-0.3, -0.25) is 19.7 Å². The number of hydrogen-bond donors (Lipinski definition) is 5. The number of rotatable bonds is 12. The van der Waals surface area contributed by atoms with Crippen molar-refractivity contribution in [2.75, 3.05) is 6.61 Å². The Morgan fingerprint density at radius 1 is 0.974 bits per heavy atom. The Hall–Kier alpha value is -5.24. The highest BCUT2D eigenvalue weighted by Crippen LogP contribution is 2.14. The van der Waals surface area contributed by atoms with Crippen LogP contribution in [-0.2, 0) is 27.4 Å². The minimum atomic E-state index is -1.43. The van der Waals surface area contributed by atoms with Crippen molar-refractivity contribution in [3.05, 3.63) is 93.7 Å². The number of ether oxygens (including phenoxy) is 1. The van der Waals surface area contributed by atoms with E-state index in [9.17, 15) is 34.7 Å². The highest BCUT2D eigenvalue weighted by Gasteiger charge is 2.27. The second-order valence-corrected chi connectivity index (χ2v) is 8.04. The number of furan rings is 1. The molecule has 2 atom stereocenters. The monoisotopic (exact) mass is 539 g/mol. The molecule has 0 saturated carbocycles. The van der Waals surface area contributed by atoms with Crippen molar-refractivity contribution >= 4 is 30.0 Å². The fourth-order valence-corrected chi connectivity index (χ4v) is 3.20. The number of carbonyl (C=O) groups excluding carboxylic acids is 3. The SMILES string of the molecule is O=C(N[C@@H](CO)C(=O)N[C@@H](Cc1ccc(O)cc1)C(=O)N/N=C\c1ccc([N+](=O)[O-])o1)OCc1ccccc1. The molecule has 0 saturated heterocycles. The average Bonchev–Trinajstić information content (AvgIpc) is 3.41. The van der Waals surface area contributed by atoms with Gasteiger partial charge in [0, 0.05) is 6.42 Å². The number of nitrogens with zero attached hydrogens (tertiary/aromatic N) is 2. The van der Waals surface area contributed by atoms with Gasteiger partial charge in [-0.2, -0.15) is 5.10 Å². The lowest BCUT2D eigenvalue weighted by atomic mass is 10.0. The average molecular weight is 540 g/mol. The summed E-state index contributed by atoms with van der Waals surface area (Å²) in [5.41, 5.74) is 3.49. The van der Waals surface area contributed by atoms with Crippen LogP contribution in [0, 0.1) is 10.1 Å². The van der Waals surface area contributed by atoms with Crippen molar-refractivity contribution in [2.24, 2.45) is 5.10 Å².